The first-order valence-electron chi connectivity index (χ1n) is 5.28. The Morgan fingerprint density at radius 1 is 1.47 bits per heavy atom. The zero-order valence-corrected chi connectivity index (χ0v) is 10.5. The summed E-state index contributed by atoms with van der Waals surface area (Å²) in [4.78, 5) is 9.75. The van der Waals surface area contributed by atoms with Gasteiger partial charge in [-0.2, -0.15) is 0 Å². The third kappa shape index (κ3) is 1.44. The average Bonchev–Trinajstić information content (AvgIpc) is 2.48. The zero-order valence-electron chi connectivity index (χ0n) is 9.65. The Labute approximate surface area is 99.9 Å². The number of carbonyl (C=O) groups is 1. The molecule has 1 atom stereocenters. The SMILES string of the molecule is CCc1ccc2c(c1)S(=O)(=O)C(C)(C(N)=O)N2. The van der Waals surface area contributed by atoms with Crippen molar-refractivity contribution in [2.45, 2.75) is 30.0 Å². The van der Waals surface area contributed by atoms with Crippen molar-refractivity contribution in [3.63, 3.8) is 0 Å². The predicted molar refractivity (Wildman–Crippen MR) is 64.2 cm³/mol. The van der Waals surface area contributed by atoms with Crippen molar-refractivity contribution in [3.8, 4) is 0 Å². The molecule has 0 aromatic heterocycles. The van der Waals surface area contributed by atoms with Gasteiger partial charge < -0.3 is 11.1 Å². The summed E-state index contributed by atoms with van der Waals surface area (Å²) in [6, 6.07) is 5.08. The lowest BCUT2D eigenvalue weighted by Gasteiger charge is -2.19. The summed E-state index contributed by atoms with van der Waals surface area (Å²) in [5.74, 6) is -0.897. The molecular weight excluding hydrogens is 240 g/mol. The molecule has 1 aromatic rings. The van der Waals surface area contributed by atoms with Crippen LogP contribution in [0.5, 0.6) is 0 Å². The van der Waals surface area contributed by atoms with E-state index in [1.54, 1.807) is 12.1 Å². The van der Waals surface area contributed by atoms with E-state index in [0.717, 1.165) is 12.0 Å². The summed E-state index contributed by atoms with van der Waals surface area (Å²) in [5, 5.41) is 2.69. The fraction of sp³-hybridized carbons (Fsp3) is 0.364. The van der Waals surface area contributed by atoms with E-state index in [1.807, 2.05) is 13.0 Å². The zero-order chi connectivity index (χ0) is 12.8. The number of amides is 1. The summed E-state index contributed by atoms with van der Waals surface area (Å²) in [7, 11) is -3.76. The lowest BCUT2D eigenvalue weighted by atomic mass is 10.1. The minimum Gasteiger partial charge on any atom is -0.367 e. The molecule has 1 aliphatic rings. The van der Waals surface area contributed by atoms with Crippen LogP contribution in [-0.4, -0.2) is 19.2 Å². The van der Waals surface area contributed by atoms with E-state index in [2.05, 4.69) is 5.32 Å². The van der Waals surface area contributed by atoms with Gasteiger partial charge in [-0.05, 0) is 31.0 Å². The number of rotatable bonds is 2. The fourth-order valence-corrected chi connectivity index (χ4v) is 3.51. The number of aryl methyl sites for hydroxylation is 1. The third-order valence-corrected chi connectivity index (χ3v) is 5.42. The van der Waals surface area contributed by atoms with Gasteiger partial charge in [0.05, 0.1) is 10.6 Å². The molecule has 0 spiro atoms. The van der Waals surface area contributed by atoms with Gasteiger partial charge in [0.15, 0.2) is 0 Å². The number of nitrogens with two attached hydrogens (primary N) is 1. The van der Waals surface area contributed by atoms with Crippen LogP contribution >= 0.6 is 0 Å². The van der Waals surface area contributed by atoms with Gasteiger partial charge in [0.1, 0.15) is 0 Å². The van der Waals surface area contributed by atoms with Crippen LogP contribution in [0.3, 0.4) is 0 Å². The Bertz CT molecular complexity index is 595. The lowest BCUT2D eigenvalue weighted by Crippen LogP contribution is -2.50. The Hall–Kier alpha value is -1.56. The Balaban J connectivity index is 2.68. The quantitative estimate of drug-likeness (QED) is 0.811. The van der Waals surface area contributed by atoms with Gasteiger partial charge >= 0.3 is 0 Å². The molecule has 0 bridgehead atoms. The van der Waals surface area contributed by atoms with Gasteiger partial charge in [-0.3, -0.25) is 4.79 Å². The molecule has 1 aliphatic heterocycles. The van der Waals surface area contributed by atoms with Crippen molar-refractivity contribution < 1.29 is 13.2 Å². The minimum atomic E-state index is -3.76. The summed E-state index contributed by atoms with van der Waals surface area (Å²) >= 11 is 0. The fourth-order valence-electron chi connectivity index (χ4n) is 1.85. The van der Waals surface area contributed by atoms with Crippen molar-refractivity contribution in [1.29, 1.82) is 0 Å². The normalized spacial score (nSPS) is 25.1. The molecule has 1 aromatic carbocycles. The molecule has 1 heterocycles. The Morgan fingerprint density at radius 2 is 2.12 bits per heavy atom. The molecule has 2 rings (SSSR count). The van der Waals surface area contributed by atoms with E-state index in [9.17, 15) is 13.2 Å². The van der Waals surface area contributed by atoms with E-state index in [0.29, 0.717) is 5.69 Å². The first kappa shape index (κ1) is 11.9. The summed E-state index contributed by atoms with van der Waals surface area (Å²) in [6.45, 7) is 3.22. The van der Waals surface area contributed by atoms with Crippen molar-refractivity contribution in [1.82, 2.24) is 0 Å². The Kier molecular flexibility index (Phi) is 2.43. The van der Waals surface area contributed by atoms with Crippen LogP contribution in [-0.2, 0) is 21.1 Å². The lowest BCUT2D eigenvalue weighted by molar-refractivity contribution is -0.119. The molecule has 0 saturated heterocycles. The van der Waals surface area contributed by atoms with E-state index in [-0.39, 0.29) is 4.90 Å². The highest BCUT2D eigenvalue weighted by molar-refractivity contribution is 7.94. The number of nitrogens with one attached hydrogen (secondary N) is 1. The molecule has 5 nitrogen and oxygen atoms in total. The van der Waals surface area contributed by atoms with Gasteiger partial charge in [0.25, 0.3) is 5.91 Å². The number of carbonyl (C=O) groups excluding carboxylic acids is 1. The van der Waals surface area contributed by atoms with E-state index < -0.39 is 20.6 Å². The maximum atomic E-state index is 12.3. The van der Waals surface area contributed by atoms with Gasteiger partial charge in [0.2, 0.25) is 14.7 Å². The Morgan fingerprint density at radius 3 is 2.65 bits per heavy atom. The minimum absolute atomic E-state index is 0.151. The second-order valence-corrected chi connectivity index (χ2v) is 6.47. The number of fused-ring (bicyclic) bond motifs is 1. The van der Waals surface area contributed by atoms with E-state index in [4.69, 9.17) is 5.73 Å². The predicted octanol–water partition coefficient (Wildman–Crippen LogP) is 0.650. The van der Waals surface area contributed by atoms with Crippen LogP contribution in [0, 0.1) is 0 Å². The smallest absolute Gasteiger partial charge is 0.259 e. The first-order valence-corrected chi connectivity index (χ1v) is 6.77. The van der Waals surface area contributed by atoms with Crippen molar-refractivity contribution in [3.05, 3.63) is 23.8 Å². The van der Waals surface area contributed by atoms with Crippen LogP contribution in [0.4, 0.5) is 5.69 Å². The number of anilines is 1. The number of hydrogen-bond donors (Lipinski definition) is 2. The molecule has 17 heavy (non-hydrogen) atoms. The number of sulfone groups is 1. The van der Waals surface area contributed by atoms with Crippen LogP contribution in [0.1, 0.15) is 19.4 Å². The molecule has 0 fully saturated rings. The average molecular weight is 254 g/mol. The molecule has 3 N–H and O–H groups in total. The standard InChI is InChI=1S/C11H14N2O3S/c1-3-7-4-5-8-9(6-7)17(15,16)11(2,13-8)10(12)14/h4-6,13H,3H2,1-2H3,(H2,12,14). The number of hydrogen-bond acceptors (Lipinski definition) is 4. The second kappa shape index (κ2) is 3.46. The third-order valence-electron chi connectivity index (χ3n) is 3.12. The second-order valence-electron chi connectivity index (χ2n) is 4.21. The highest BCUT2D eigenvalue weighted by Crippen LogP contribution is 2.39. The molecule has 6 heteroatoms. The van der Waals surface area contributed by atoms with Gasteiger partial charge in [0, 0.05) is 0 Å². The monoisotopic (exact) mass is 254 g/mol. The topological polar surface area (TPSA) is 89.3 Å². The van der Waals surface area contributed by atoms with E-state index >= 15 is 0 Å². The van der Waals surface area contributed by atoms with E-state index in [1.165, 1.54) is 6.92 Å². The van der Waals surface area contributed by atoms with Crippen LogP contribution in [0.2, 0.25) is 0 Å². The molecule has 1 unspecified atom stereocenters. The maximum Gasteiger partial charge on any atom is 0.259 e. The molecule has 1 amide bonds. The van der Waals surface area contributed by atoms with Crippen LogP contribution in [0.25, 0.3) is 0 Å². The van der Waals surface area contributed by atoms with Crippen LogP contribution in [0.15, 0.2) is 23.1 Å². The van der Waals surface area contributed by atoms with Gasteiger partial charge in [-0.1, -0.05) is 13.0 Å². The summed E-state index contributed by atoms with van der Waals surface area (Å²) in [5.41, 5.74) is 6.52. The largest absolute Gasteiger partial charge is 0.367 e. The summed E-state index contributed by atoms with van der Waals surface area (Å²) in [6.07, 6.45) is 0.732. The number of benzene rings is 1. The van der Waals surface area contributed by atoms with Gasteiger partial charge in [-0.15, -0.1) is 0 Å². The molecule has 0 aliphatic carbocycles. The summed E-state index contributed by atoms with van der Waals surface area (Å²) < 4.78 is 24.5. The molecule has 0 saturated carbocycles. The van der Waals surface area contributed by atoms with Crippen molar-refractivity contribution in [2.75, 3.05) is 5.32 Å². The van der Waals surface area contributed by atoms with Gasteiger partial charge in [-0.25, -0.2) is 8.42 Å². The van der Waals surface area contributed by atoms with Crippen LogP contribution < -0.4 is 11.1 Å². The molecule has 0 radical (unpaired) electrons. The first-order chi connectivity index (χ1) is 7.83. The molecular formula is C11H14N2O3S. The molecule has 92 valence electrons. The van der Waals surface area contributed by atoms with Crippen molar-refractivity contribution in [2.24, 2.45) is 5.73 Å². The highest BCUT2D eigenvalue weighted by Gasteiger charge is 2.52. The highest BCUT2D eigenvalue weighted by atomic mass is 32.2. The maximum absolute atomic E-state index is 12.3. The number of primary amides is 1. The van der Waals surface area contributed by atoms with Crippen molar-refractivity contribution >= 4 is 21.4 Å².